The van der Waals surface area contributed by atoms with E-state index in [-0.39, 0.29) is 27.8 Å². The zero-order chi connectivity index (χ0) is 22.8. The molecule has 1 aromatic heterocycles. The molecule has 10 heteroatoms. The van der Waals surface area contributed by atoms with Crippen molar-refractivity contribution in [1.82, 2.24) is 4.57 Å². The molecule has 0 aliphatic rings. The molecule has 162 valence electrons. The van der Waals surface area contributed by atoms with Gasteiger partial charge in [-0.3, -0.25) is 9.10 Å². The van der Waals surface area contributed by atoms with Gasteiger partial charge in [0.05, 0.1) is 38.0 Å². The number of aryl methyl sites for hydroxylation is 1. The number of hydrogen-bond donors (Lipinski definition) is 0. The fourth-order valence-electron chi connectivity index (χ4n) is 3.37. The molecule has 0 bridgehead atoms. The Bertz CT molecular complexity index is 1270. The number of ether oxygens (including phenoxy) is 3. The summed E-state index contributed by atoms with van der Waals surface area (Å²) >= 11 is 0. The lowest BCUT2D eigenvalue weighted by molar-refractivity contribution is 0.112. The zero-order valence-corrected chi connectivity index (χ0v) is 18.3. The molecule has 0 N–H and O–H groups in total. The van der Waals surface area contributed by atoms with E-state index in [0.717, 1.165) is 9.82 Å². The van der Waals surface area contributed by atoms with Crippen LogP contribution in [0.2, 0.25) is 0 Å². The molecule has 0 saturated heterocycles. The third-order valence-electron chi connectivity index (χ3n) is 4.86. The second-order valence-corrected chi connectivity index (χ2v) is 8.41. The van der Waals surface area contributed by atoms with Crippen LogP contribution in [0.25, 0.3) is 10.9 Å². The van der Waals surface area contributed by atoms with Gasteiger partial charge in [0.15, 0.2) is 17.8 Å². The van der Waals surface area contributed by atoms with Crippen LogP contribution in [0, 0.1) is 11.3 Å². The molecule has 0 spiro atoms. The van der Waals surface area contributed by atoms with E-state index in [4.69, 9.17) is 14.2 Å². The van der Waals surface area contributed by atoms with Crippen molar-refractivity contribution < 1.29 is 27.4 Å². The summed E-state index contributed by atoms with van der Waals surface area (Å²) in [5.41, 5.74) is 1.42. The van der Waals surface area contributed by atoms with E-state index in [9.17, 15) is 18.5 Å². The Hall–Kier alpha value is -3.71. The van der Waals surface area contributed by atoms with Crippen LogP contribution in [-0.2, 0) is 17.1 Å². The number of methoxy groups -OCH3 is 3. The highest BCUT2D eigenvalue weighted by Gasteiger charge is 2.28. The quantitative estimate of drug-likeness (QED) is 0.389. The molecule has 0 aliphatic carbocycles. The maximum atomic E-state index is 13.5. The Labute approximate surface area is 180 Å². The largest absolute Gasteiger partial charge is 0.493 e. The molecule has 1 heterocycles. The van der Waals surface area contributed by atoms with Gasteiger partial charge in [0.25, 0.3) is 10.0 Å². The number of sulfonamides is 1. The summed E-state index contributed by atoms with van der Waals surface area (Å²) in [6.45, 7) is -0.437. The van der Waals surface area contributed by atoms with Crippen LogP contribution in [0.5, 0.6) is 17.2 Å². The molecule has 0 radical (unpaired) electrons. The van der Waals surface area contributed by atoms with Crippen molar-refractivity contribution in [2.45, 2.75) is 4.90 Å². The van der Waals surface area contributed by atoms with Crippen LogP contribution in [0.15, 0.2) is 41.4 Å². The molecule has 0 saturated carbocycles. The number of anilines is 1. The standard InChI is InChI=1S/C21H21N3O6S/c1-23-12-14(13-25)17-9-15(5-6-18(17)23)24(8-7-22)31(26,27)16-10-19(28-2)21(30-4)20(11-16)29-3/h5-6,9-13H,8H2,1-4H3. The minimum absolute atomic E-state index is 0.138. The number of benzene rings is 2. The smallest absolute Gasteiger partial charge is 0.265 e. The predicted octanol–water partition coefficient (Wildman–Crippen LogP) is 2.74. The third-order valence-corrected chi connectivity index (χ3v) is 6.61. The minimum atomic E-state index is -4.19. The Morgan fingerprint density at radius 2 is 1.74 bits per heavy atom. The summed E-state index contributed by atoms with van der Waals surface area (Å²) in [6.07, 6.45) is 2.36. The summed E-state index contributed by atoms with van der Waals surface area (Å²) in [5, 5.41) is 9.91. The number of aromatic nitrogens is 1. The fourth-order valence-corrected chi connectivity index (χ4v) is 4.76. The predicted molar refractivity (Wildman–Crippen MR) is 115 cm³/mol. The van der Waals surface area contributed by atoms with Crippen LogP contribution in [-0.4, -0.2) is 47.1 Å². The lowest BCUT2D eigenvalue weighted by Crippen LogP contribution is -2.31. The van der Waals surface area contributed by atoms with Crippen molar-refractivity contribution in [1.29, 1.82) is 5.26 Å². The maximum Gasteiger partial charge on any atom is 0.265 e. The summed E-state index contributed by atoms with van der Waals surface area (Å²) in [5.74, 6) is 0.579. The fraction of sp³-hybridized carbons (Fsp3) is 0.238. The SMILES string of the molecule is COc1cc(S(=O)(=O)N(CC#N)c2ccc3c(c2)c(C=O)cn3C)cc(OC)c1OC. The van der Waals surface area contributed by atoms with Gasteiger partial charge < -0.3 is 18.8 Å². The molecule has 0 amide bonds. The highest BCUT2D eigenvalue weighted by Crippen LogP contribution is 2.40. The number of carbonyl (C=O) groups excluding carboxylic acids is 1. The van der Waals surface area contributed by atoms with E-state index in [1.807, 2.05) is 6.07 Å². The average Bonchev–Trinajstić information content (AvgIpc) is 3.10. The molecule has 31 heavy (non-hydrogen) atoms. The summed E-state index contributed by atoms with van der Waals surface area (Å²) in [4.78, 5) is 11.3. The molecular weight excluding hydrogens is 422 g/mol. The van der Waals surface area contributed by atoms with Crippen LogP contribution in [0.1, 0.15) is 10.4 Å². The summed E-state index contributed by atoms with van der Waals surface area (Å²) in [7, 11) is 1.77. The lowest BCUT2D eigenvalue weighted by atomic mass is 10.1. The number of nitriles is 1. The van der Waals surface area contributed by atoms with E-state index < -0.39 is 16.6 Å². The normalized spacial score (nSPS) is 11.1. The number of carbonyl (C=O) groups is 1. The van der Waals surface area contributed by atoms with E-state index >= 15 is 0 Å². The average molecular weight is 443 g/mol. The van der Waals surface area contributed by atoms with Gasteiger partial charge in [-0.15, -0.1) is 0 Å². The Morgan fingerprint density at radius 1 is 1.10 bits per heavy atom. The molecule has 0 atom stereocenters. The van der Waals surface area contributed by atoms with Gasteiger partial charge in [0.1, 0.15) is 6.54 Å². The van der Waals surface area contributed by atoms with E-state index in [1.54, 1.807) is 36.0 Å². The molecule has 9 nitrogen and oxygen atoms in total. The number of fused-ring (bicyclic) bond motifs is 1. The Kier molecular flexibility index (Phi) is 6.08. The second kappa shape index (κ2) is 8.57. The van der Waals surface area contributed by atoms with Crippen molar-refractivity contribution in [2.75, 3.05) is 32.2 Å². The number of aldehydes is 1. The van der Waals surface area contributed by atoms with E-state index in [1.165, 1.54) is 33.5 Å². The van der Waals surface area contributed by atoms with Gasteiger partial charge in [-0.1, -0.05) is 0 Å². The molecule has 0 aliphatic heterocycles. The van der Waals surface area contributed by atoms with Gasteiger partial charge in [0.2, 0.25) is 5.75 Å². The number of nitrogens with zero attached hydrogens (tertiary/aromatic N) is 3. The Balaban J connectivity index is 2.21. The first-order valence-corrected chi connectivity index (χ1v) is 10.5. The first-order chi connectivity index (χ1) is 14.8. The minimum Gasteiger partial charge on any atom is -0.493 e. The number of rotatable bonds is 8. The van der Waals surface area contributed by atoms with Crippen molar-refractivity contribution in [3.8, 4) is 23.3 Å². The van der Waals surface area contributed by atoms with Crippen molar-refractivity contribution in [2.24, 2.45) is 7.05 Å². The van der Waals surface area contributed by atoms with Crippen molar-refractivity contribution >= 4 is 32.9 Å². The summed E-state index contributed by atoms with van der Waals surface area (Å²) in [6, 6.07) is 9.36. The van der Waals surface area contributed by atoms with E-state index in [0.29, 0.717) is 17.2 Å². The lowest BCUT2D eigenvalue weighted by Gasteiger charge is -2.23. The Morgan fingerprint density at radius 3 is 2.26 bits per heavy atom. The van der Waals surface area contributed by atoms with Gasteiger partial charge in [-0.05, 0) is 18.2 Å². The molecule has 3 aromatic rings. The highest BCUT2D eigenvalue weighted by atomic mass is 32.2. The van der Waals surface area contributed by atoms with Crippen LogP contribution in [0.3, 0.4) is 0 Å². The number of hydrogen-bond acceptors (Lipinski definition) is 7. The topological polar surface area (TPSA) is 111 Å². The van der Waals surface area contributed by atoms with Crippen molar-refractivity contribution in [3.05, 3.63) is 42.1 Å². The zero-order valence-electron chi connectivity index (χ0n) is 17.4. The molecule has 3 rings (SSSR count). The monoisotopic (exact) mass is 443 g/mol. The van der Waals surface area contributed by atoms with Gasteiger partial charge in [-0.25, -0.2) is 8.42 Å². The maximum absolute atomic E-state index is 13.5. The van der Waals surface area contributed by atoms with Crippen LogP contribution >= 0.6 is 0 Å². The first-order valence-electron chi connectivity index (χ1n) is 9.06. The highest BCUT2D eigenvalue weighted by molar-refractivity contribution is 7.92. The molecule has 0 fully saturated rings. The third kappa shape index (κ3) is 3.75. The second-order valence-electron chi connectivity index (χ2n) is 6.55. The van der Waals surface area contributed by atoms with Crippen LogP contribution < -0.4 is 18.5 Å². The molecule has 0 unspecified atom stereocenters. The molecular formula is C21H21N3O6S. The van der Waals surface area contributed by atoms with Gasteiger partial charge >= 0.3 is 0 Å². The van der Waals surface area contributed by atoms with E-state index in [2.05, 4.69) is 0 Å². The van der Waals surface area contributed by atoms with Gasteiger partial charge in [-0.2, -0.15) is 5.26 Å². The molecule has 2 aromatic carbocycles. The van der Waals surface area contributed by atoms with Crippen molar-refractivity contribution in [3.63, 3.8) is 0 Å². The van der Waals surface area contributed by atoms with Gasteiger partial charge in [0, 0.05) is 41.8 Å². The summed E-state index contributed by atoms with van der Waals surface area (Å²) < 4.78 is 45.5. The first kappa shape index (κ1) is 22.0. The van der Waals surface area contributed by atoms with Crippen LogP contribution in [0.4, 0.5) is 5.69 Å².